The molecule has 154 valence electrons. The highest BCUT2D eigenvalue weighted by atomic mass is 16.5. The van der Waals surface area contributed by atoms with Crippen LogP contribution in [0.3, 0.4) is 0 Å². The summed E-state index contributed by atoms with van der Waals surface area (Å²) >= 11 is 0. The molecule has 9 heteroatoms. The van der Waals surface area contributed by atoms with Gasteiger partial charge in [-0.3, -0.25) is 9.59 Å². The van der Waals surface area contributed by atoms with Crippen LogP contribution in [0.25, 0.3) is 0 Å². The highest BCUT2D eigenvalue weighted by Gasteiger charge is 2.37. The van der Waals surface area contributed by atoms with Gasteiger partial charge in [-0.1, -0.05) is 13.8 Å². The van der Waals surface area contributed by atoms with Gasteiger partial charge in [-0.2, -0.15) is 0 Å². The molecule has 1 aliphatic heterocycles. The Labute approximate surface area is 163 Å². The Kier molecular flexibility index (Phi) is 6.71. The first-order valence-electron chi connectivity index (χ1n) is 8.87. The summed E-state index contributed by atoms with van der Waals surface area (Å²) in [4.78, 5) is 37.8. The zero-order valence-corrected chi connectivity index (χ0v) is 16.6. The van der Waals surface area contributed by atoms with E-state index in [1.807, 2.05) is 0 Å². The van der Waals surface area contributed by atoms with Crippen LogP contribution in [0.5, 0.6) is 17.2 Å². The van der Waals surface area contributed by atoms with Gasteiger partial charge in [-0.25, -0.2) is 4.79 Å². The van der Waals surface area contributed by atoms with Gasteiger partial charge in [0.15, 0.2) is 11.5 Å². The zero-order chi connectivity index (χ0) is 21.0. The predicted octanol–water partition coefficient (Wildman–Crippen LogP) is 1.29. The second-order valence-corrected chi connectivity index (χ2v) is 6.86. The Morgan fingerprint density at radius 3 is 2.14 bits per heavy atom. The summed E-state index contributed by atoms with van der Waals surface area (Å²) in [7, 11) is 4.43. The lowest BCUT2D eigenvalue weighted by molar-refractivity contribution is -0.143. The first kappa shape index (κ1) is 21.3. The number of amides is 2. The van der Waals surface area contributed by atoms with Crippen molar-refractivity contribution < 1.29 is 33.7 Å². The van der Waals surface area contributed by atoms with Gasteiger partial charge in [0.1, 0.15) is 6.04 Å². The van der Waals surface area contributed by atoms with Crippen LogP contribution in [-0.2, 0) is 14.4 Å². The summed E-state index contributed by atoms with van der Waals surface area (Å²) in [5, 5.41) is 11.8. The van der Waals surface area contributed by atoms with Crippen molar-refractivity contribution in [2.24, 2.45) is 11.8 Å². The standard InChI is InChI=1S/C19H26N2O7/c1-10(2)16(19(24)25)20-18(23)11-6-15(22)21(9-11)12-7-13(26-3)17(28-5)14(8-12)27-4/h7-8,10-11,16H,6,9H2,1-5H3,(H,20,23)(H,24,25)/t11?,16-/m0/s1. The maximum atomic E-state index is 12.5. The molecule has 0 spiro atoms. The minimum absolute atomic E-state index is 0.00702. The number of hydrogen-bond acceptors (Lipinski definition) is 6. The Balaban J connectivity index is 2.23. The minimum Gasteiger partial charge on any atom is -0.493 e. The maximum Gasteiger partial charge on any atom is 0.326 e. The number of carbonyl (C=O) groups is 3. The number of methoxy groups -OCH3 is 3. The van der Waals surface area contributed by atoms with Crippen LogP contribution in [0.1, 0.15) is 20.3 Å². The van der Waals surface area contributed by atoms with E-state index in [4.69, 9.17) is 14.2 Å². The molecule has 2 rings (SSSR count). The number of rotatable bonds is 8. The first-order valence-corrected chi connectivity index (χ1v) is 8.87. The number of carboxylic acids is 1. The van der Waals surface area contributed by atoms with Crippen molar-refractivity contribution in [1.82, 2.24) is 5.32 Å². The fraction of sp³-hybridized carbons (Fsp3) is 0.526. The molecule has 28 heavy (non-hydrogen) atoms. The molecule has 0 aromatic heterocycles. The molecule has 9 nitrogen and oxygen atoms in total. The average Bonchev–Trinajstić information content (AvgIpc) is 3.05. The Morgan fingerprint density at radius 2 is 1.71 bits per heavy atom. The third-order valence-corrected chi connectivity index (χ3v) is 4.69. The molecule has 1 heterocycles. The van der Waals surface area contributed by atoms with E-state index in [9.17, 15) is 19.5 Å². The maximum absolute atomic E-state index is 12.5. The van der Waals surface area contributed by atoms with Crippen LogP contribution < -0.4 is 24.4 Å². The van der Waals surface area contributed by atoms with Gasteiger partial charge >= 0.3 is 5.97 Å². The molecule has 2 atom stereocenters. The molecular weight excluding hydrogens is 368 g/mol. The van der Waals surface area contributed by atoms with Crippen molar-refractivity contribution in [1.29, 1.82) is 0 Å². The second kappa shape index (κ2) is 8.81. The highest BCUT2D eigenvalue weighted by Crippen LogP contribution is 2.42. The van der Waals surface area contributed by atoms with Crippen molar-refractivity contribution in [3.05, 3.63) is 12.1 Å². The molecule has 1 aliphatic rings. The number of nitrogens with one attached hydrogen (secondary N) is 1. The molecule has 1 aromatic rings. The third kappa shape index (κ3) is 4.29. The van der Waals surface area contributed by atoms with Gasteiger partial charge in [0, 0.05) is 25.1 Å². The molecular formula is C19H26N2O7. The Morgan fingerprint density at radius 1 is 1.14 bits per heavy atom. The minimum atomic E-state index is -1.10. The van der Waals surface area contributed by atoms with Crippen molar-refractivity contribution in [3.8, 4) is 17.2 Å². The van der Waals surface area contributed by atoms with Gasteiger partial charge in [-0.15, -0.1) is 0 Å². The van der Waals surface area contributed by atoms with Crippen LogP contribution in [0, 0.1) is 11.8 Å². The highest BCUT2D eigenvalue weighted by molar-refractivity contribution is 6.01. The van der Waals surface area contributed by atoms with Gasteiger partial charge in [-0.05, 0) is 5.92 Å². The lowest BCUT2D eigenvalue weighted by atomic mass is 10.0. The first-order chi connectivity index (χ1) is 13.2. The largest absolute Gasteiger partial charge is 0.493 e. The zero-order valence-electron chi connectivity index (χ0n) is 16.6. The number of hydrogen-bond donors (Lipinski definition) is 2. The summed E-state index contributed by atoms with van der Waals surface area (Å²) < 4.78 is 15.9. The Hall–Kier alpha value is -2.97. The van der Waals surface area contributed by atoms with Gasteiger partial charge in [0.2, 0.25) is 17.6 Å². The molecule has 1 fully saturated rings. The summed E-state index contributed by atoms with van der Waals surface area (Å²) in [6.07, 6.45) is -0.00702. The van der Waals surface area contributed by atoms with Crippen molar-refractivity contribution in [2.75, 3.05) is 32.8 Å². The van der Waals surface area contributed by atoms with Crippen LogP contribution >= 0.6 is 0 Å². The van der Waals surface area contributed by atoms with Gasteiger partial charge < -0.3 is 29.5 Å². The summed E-state index contributed by atoms with van der Waals surface area (Å²) in [5.41, 5.74) is 0.508. The smallest absolute Gasteiger partial charge is 0.326 e. The van der Waals surface area contributed by atoms with Crippen LogP contribution in [-0.4, -0.2) is 56.8 Å². The number of aliphatic carboxylic acids is 1. The number of benzene rings is 1. The van der Waals surface area contributed by atoms with E-state index in [0.717, 1.165) is 0 Å². The molecule has 0 radical (unpaired) electrons. The number of nitrogens with zero attached hydrogens (tertiary/aromatic N) is 1. The normalized spacial score (nSPS) is 17.4. The number of anilines is 1. The third-order valence-electron chi connectivity index (χ3n) is 4.69. The van der Waals surface area contributed by atoms with Crippen molar-refractivity contribution >= 4 is 23.5 Å². The van der Waals surface area contributed by atoms with Gasteiger partial charge in [0.05, 0.1) is 32.9 Å². The SMILES string of the molecule is COc1cc(N2CC(C(=O)N[C@H](C(=O)O)C(C)C)CC2=O)cc(OC)c1OC. The monoisotopic (exact) mass is 394 g/mol. The number of carbonyl (C=O) groups excluding carboxylic acids is 2. The Bertz CT molecular complexity index is 738. The molecule has 0 bridgehead atoms. The molecule has 1 saturated heterocycles. The molecule has 2 N–H and O–H groups in total. The topological polar surface area (TPSA) is 114 Å². The van der Waals surface area contributed by atoms with E-state index in [-0.39, 0.29) is 24.8 Å². The van der Waals surface area contributed by atoms with Crippen LogP contribution in [0.2, 0.25) is 0 Å². The quantitative estimate of drug-likeness (QED) is 0.683. The van der Waals surface area contributed by atoms with E-state index in [2.05, 4.69) is 5.32 Å². The van der Waals surface area contributed by atoms with E-state index in [0.29, 0.717) is 22.9 Å². The second-order valence-electron chi connectivity index (χ2n) is 6.86. The summed E-state index contributed by atoms with van der Waals surface area (Å²) in [6.45, 7) is 3.55. The lowest BCUT2D eigenvalue weighted by Crippen LogP contribution is -2.47. The van der Waals surface area contributed by atoms with Crippen molar-refractivity contribution in [3.63, 3.8) is 0 Å². The van der Waals surface area contributed by atoms with E-state index in [1.54, 1.807) is 26.0 Å². The molecule has 0 aliphatic carbocycles. The average molecular weight is 394 g/mol. The van der Waals surface area contributed by atoms with Crippen molar-refractivity contribution in [2.45, 2.75) is 26.3 Å². The van der Waals surface area contributed by atoms with E-state index in [1.165, 1.54) is 26.2 Å². The lowest BCUT2D eigenvalue weighted by Gasteiger charge is -2.22. The van der Waals surface area contributed by atoms with Gasteiger partial charge in [0.25, 0.3) is 0 Å². The summed E-state index contributed by atoms with van der Waals surface area (Å²) in [6, 6.07) is 2.26. The molecule has 2 amide bonds. The van der Waals surface area contributed by atoms with Crippen LogP contribution in [0.15, 0.2) is 12.1 Å². The number of carboxylic acid groups (broad SMARTS) is 1. The molecule has 1 aromatic carbocycles. The predicted molar refractivity (Wildman–Crippen MR) is 101 cm³/mol. The van der Waals surface area contributed by atoms with Crippen LogP contribution in [0.4, 0.5) is 5.69 Å². The molecule has 1 unspecified atom stereocenters. The van der Waals surface area contributed by atoms with E-state index < -0.39 is 23.8 Å². The fourth-order valence-electron chi connectivity index (χ4n) is 3.14. The molecule has 0 saturated carbocycles. The summed E-state index contributed by atoms with van der Waals surface area (Å²) in [5.74, 6) is -1.54. The number of ether oxygens (including phenoxy) is 3. The fourth-order valence-corrected chi connectivity index (χ4v) is 3.14. The van der Waals surface area contributed by atoms with E-state index >= 15 is 0 Å².